The lowest BCUT2D eigenvalue weighted by atomic mass is 9.74. The normalized spacial score (nSPS) is 36.5. The number of fused-ring (bicyclic) bond motifs is 1. The molecule has 2 atom stereocenters. The molecule has 1 N–H and O–H groups in total. The quantitative estimate of drug-likeness (QED) is 0.837. The SMILES string of the molecule is OCC1(CN2CCOC3CCCC32)CCCCC1. The largest absolute Gasteiger partial charge is 0.396 e. The Morgan fingerprint density at radius 1 is 1.11 bits per heavy atom. The zero-order chi connectivity index (χ0) is 12.4. The van der Waals surface area contributed by atoms with Crippen LogP contribution >= 0.6 is 0 Å². The fourth-order valence-corrected chi connectivity index (χ4v) is 4.30. The molecule has 0 amide bonds. The highest BCUT2D eigenvalue weighted by Crippen LogP contribution is 2.39. The number of morpholine rings is 1. The lowest BCUT2D eigenvalue weighted by molar-refractivity contribution is -0.0789. The summed E-state index contributed by atoms with van der Waals surface area (Å²) in [6.45, 7) is 3.45. The Hall–Kier alpha value is -0.120. The molecule has 3 rings (SSSR count). The Labute approximate surface area is 110 Å². The van der Waals surface area contributed by atoms with Gasteiger partial charge in [0.15, 0.2) is 0 Å². The summed E-state index contributed by atoms with van der Waals surface area (Å²) in [7, 11) is 0. The number of hydrogen-bond donors (Lipinski definition) is 1. The van der Waals surface area contributed by atoms with Crippen LogP contribution in [0.1, 0.15) is 51.4 Å². The summed E-state index contributed by atoms with van der Waals surface area (Å²) >= 11 is 0. The molecule has 1 heterocycles. The summed E-state index contributed by atoms with van der Waals surface area (Å²) in [5.74, 6) is 0. The van der Waals surface area contributed by atoms with Gasteiger partial charge in [0.25, 0.3) is 0 Å². The van der Waals surface area contributed by atoms with Gasteiger partial charge in [-0.1, -0.05) is 19.3 Å². The zero-order valence-corrected chi connectivity index (χ0v) is 11.4. The first-order chi connectivity index (χ1) is 8.83. The molecule has 0 aromatic rings. The van der Waals surface area contributed by atoms with E-state index < -0.39 is 0 Å². The standard InChI is InChI=1S/C15H27NO2/c17-12-15(7-2-1-3-8-15)11-16-9-10-18-14-6-4-5-13(14)16/h13-14,17H,1-12H2. The molecule has 2 aliphatic carbocycles. The van der Waals surface area contributed by atoms with Gasteiger partial charge in [0.2, 0.25) is 0 Å². The van der Waals surface area contributed by atoms with Crippen molar-refractivity contribution in [2.24, 2.45) is 5.41 Å². The molecule has 1 aliphatic heterocycles. The first-order valence-corrected chi connectivity index (χ1v) is 7.80. The number of ether oxygens (including phenoxy) is 1. The molecule has 104 valence electrons. The Morgan fingerprint density at radius 3 is 2.72 bits per heavy atom. The minimum atomic E-state index is 0.197. The lowest BCUT2D eigenvalue weighted by Gasteiger charge is -2.45. The number of hydrogen-bond acceptors (Lipinski definition) is 3. The van der Waals surface area contributed by atoms with Crippen molar-refractivity contribution < 1.29 is 9.84 Å². The van der Waals surface area contributed by atoms with Crippen molar-refractivity contribution in [2.45, 2.75) is 63.5 Å². The van der Waals surface area contributed by atoms with Gasteiger partial charge >= 0.3 is 0 Å². The number of nitrogens with zero attached hydrogens (tertiary/aromatic N) is 1. The van der Waals surface area contributed by atoms with E-state index in [1.165, 1.54) is 51.4 Å². The monoisotopic (exact) mass is 253 g/mol. The number of aliphatic hydroxyl groups excluding tert-OH is 1. The van der Waals surface area contributed by atoms with Crippen LogP contribution in [0.4, 0.5) is 0 Å². The molecule has 3 heteroatoms. The van der Waals surface area contributed by atoms with Gasteiger partial charge in [-0.05, 0) is 32.1 Å². The maximum atomic E-state index is 9.85. The third kappa shape index (κ3) is 2.45. The molecule has 18 heavy (non-hydrogen) atoms. The van der Waals surface area contributed by atoms with E-state index in [-0.39, 0.29) is 5.41 Å². The van der Waals surface area contributed by atoms with Gasteiger partial charge < -0.3 is 9.84 Å². The minimum absolute atomic E-state index is 0.197. The van der Waals surface area contributed by atoms with Crippen LogP contribution in [0.5, 0.6) is 0 Å². The second kappa shape index (κ2) is 5.48. The van der Waals surface area contributed by atoms with Crippen molar-refractivity contribution in [2.75, 3.05) is 26.3 Å². The third-order valence-corrected chi connectivity index (χ3v) is 5.39. The van der Waals surface area contributed by atoms with Crippen LogP contribution in [0.25, 0.3) is 0 Å². The summed E-state index contributed by atoms with van der Waals surface area (Å²) in [6, 6.07) is 0.643. The minimum Gasteiger partial charge on any atom is -0.396 e. The fraction of sp³-hybridized carbons (Fsp3) is 1.00. The van der Waals surface area contributed by atoms with Gasteiger partial charge in [0.05, 0.1) is 12.7 Å². The molecular formula is C15H27NO2. The van der Waals surface area contributed by atoms with Gasteiger partial charge in [-0.25, -0.2) is 0 Å². The predicted molar refractivity (Wildman–Crippen MR) is 71.6 cm³/mol. The van der Waals surface area contributed by atoms with Crippen LogP contribution < -0.4 is 0 Å². The van der Waals surface area contributed by atoms with E-state index >= 15 is 0 Å². The Balaban J connectivity index is 1.66. The Bertz CT molecular complexity index is 276. The molecule has 0 radical (unpaired) electrons. The second-order valence-corrected chi connectivity index (χ2v) is 6.60. The van der Waals surface area contributed by atoms with E-state index in [1.54, 1.807) is 0 Å². The van der Waals surface area contributed by atoms with Gasteiger partial charge in [0, 0.05) is 31.2 Å². The molecule has 3 fully saturated rings. The van der Waals surface area contributed by atoms with Crippen LogP contribution in [-0.4, -0.2) is 48.5 Å². The fourth-order valence-electron chi connectivity index (χ4n) is 4.30. The predicted octanol–water partition coefficient (Wildman–Crippen LogP) is 2.18. The molecule has 0 aromatic heterocycles. The maximum Gasteiger partial charge on any atom is 0.0730 e. The summed E-state index contributed by atoms with van der Waals surface area (Å²) in [5.41, 5.74) is 0.197. The van der Waals surface area contributed by atoms with Crippen LogP contribution in [-0.2, 0) is 4.74 Å². The van der Waals surface area contributed by atoms with E-state index in [4.69, 9.17) is 4.74 Å². The Morgan fingerprint density at radius 2 is 1.94 bits per heavy atom. The second-order valence-electron chi connectivity index (χ2n) is 6.60. The topological polar surface area (TPSA) is 32.7 Å². The van der Waals surface area contributed by atoms with Crippen LogP contribution in [0, 0.1) is 5.41 Å². The van der Waals surface area contributed by atoms with Crippen LogP contribution in [0.2, 0.25) is 0 Å². The summed E-state index contributed by atoms with van der Waals surface area (Å²) in [4.78, 5) is 2.64. The lowest BCUT2D eigenvalue weighted by Crippen LogP contribution is -2.53. The van der Waals surface area contributed by atoms with Crippen molar-refractivity contribution in [3.8, 4) is 0 Å². The average molecular weight is 253 g/mol. The number of aliphatic hydroxyl groups is 1. The zero-order valence-electron chi connectivity index (χ0n) is 11.4. The summed E-state index contributed by atoms with van der Waals surface area (Å²) < 4.78 is 5.88. The molecule has 2 unspecified atom stereocenters. The molecule has 0 bridgehead atoms. The van der Waals surface area contributed by atoms with Crippen molar-refractivity contribution in [1.82, 2.24) is 4.90 Å². The molecule has 2 saturated carbocycles. The smallest absolute Gasteiger partial charge is 0.0730 e. The first-order valence-electron chi connectivity index (χ1n) is 7.80. The number of rotatable bonds is 3. The third-order valence-electron chi connectivity index (χ3n) is 5.39. The highest BCUT2D eigenvalue weighted by molar-refractivity contribution is 4.93. The van der Waals surface area contributed by atoms with E-state index in [1.807, 2.05) is 0 Å². The van der Waals surface area contributed by atoms with E-state index in [0.717, 1.165) is 19.7 Å². The molecule has 3 aliphatic rings. The maximum absolute atomic E-state index is 9.85. The van der Waals surface area contributed by atoms with Gasteiger partial charge in [-0.3, -0.25) is 4.90 Å². The van der Waals surface area contributed by atoms with E-state index in [9.17, 15) is 5.11 Å². The summed E-state index contributed by atoms with van der Waals surface area (Å²) in [5, 5.41) is 9.85. The Kier molecular flexibility index (Phi) is 3.92. The van der Waals surface area contributed by atoms with Gasteiger partial charge in [-0.2, -0.15) is 0 Å². The molecule has 3 nitrogen and oxygen atoms in total. The van der Waals surface area contributed by atoms with Crippen LogP contribution in [0.15, 0.2) is 0 Å². The molecular weight excluding hydrogens is 226 g/mol. The van der Waals surface area contributed by atoms with Crippen molar-refractivity contribution in [1.29, 1.82) is 0 Å². The molecule has 0 aromatic carbocycles. The van der Waals surface area contributed by atoms with Gasteiger partial charge in [-0.15, -0.1) is 0 Å². The highest BCUT2D eigenvalue weighted by atomic mass is 16.5. The molecule has 0 spiro atoms. The molecule has 1 saturated heterocycles. The first kappa shape index (κ1) is 12.9. The van der Waals surface area contributed by atoms with Crippen molar-refractivity contribution in [3.05, 3.63) is 0 Å². The van der Waals surface area contributed by atoms with Crippen LogP contribution in [0.3, 0.4) is 0 Å². The average Bonchev–Trinajstić information content (AvgIpc) is 2.89. The van der Waals surface area contributed by atoms with E-state index in [0.29, 0.717) is 18.8 Å². The van der Waals surface area contributed by atoms with Crippen molar-refractivity contribution in [3.63, 3.8) is 0 Å². The highest BCUT2D eigenvalue weighted by Gasteiger charge is 2.40. The van der Waals surface area contributed by atoms with Gasteiger partial charge in [0.1, 0.15) is 0 Å². The van der Waals surface area contributed by atoms with E-state index in [2.05, 4.69) is 4.90 Å². The summed E-state index contributed by atoms with van der Waals surface area (Å²) in [6.07, 6.45) is 10.8. The van der Waals surface area contributed by atoms with Crippen molar-refractivity contribution >= 4 is 0 Å².